The van der Waals surface area contributed by atoms with Gasteiger partial charge in [-0.1, -0.05) is 20.8 Å². The standard InChI is InChI=1S/C16H21N3O2/c1-16(2,3)13-9-11(20-4)5-6-14(13)21-12-7-8-18-15(10-12)19-17/h5-10H,17H2,1-4H3,(H,18,19). The summed E-state index contributed by atoms with van der Waals surface area (Å²) in [7, 11) is 1.66. The molecule has 0 atom stereocenters. The summed E-state index contributed by atoms with van der Waals surface area (Å²) in [4.78, 5) is 4.06. The molecule has 2 aromatic rings. The molecular weight excluding hydrogens is 266 g/mol. The molecule has 112 valence electrons. The van der Waals surface area contributed by atoms with Crippen molar-refractivity contribution in [2.75, 3.05) is 12.5 Å². The van der Waals surface area contributed by atoms with Gasteiger partial charge in [-0.2, -0.15) is 0 Å². The van der Waals surface area contributed by atoms with E-state index in [1.165, 1.54) is 0 Å². The first kappa shape index (κ1) is 15.1. The number of hydrogen-bond acceptors (Lipinski definition) is 5. The summed E-state index contributed by atoms with van der Waals surface area (Å²) < 4.78 is 11.3. The third-order valence-corrected chi connectivity index (χ3v) is 3.10. The summed E-state index contributed by atoms with van der Waals surface area (Å²) in [6.07, 6.45) is 1.64. The summed E-state index contributed by atoms with van der Waals surface area (Å²) in [6, 6.07) is 9.33. The summed E-state index contributed by atoms with van der Waals surface area (Å²) >= 11 is 0. The van der Waals surface area contributed by atoms with Gasteiger partial charge in [0.1, 0.15) is 23.1 Å². The Hall–Kier alpha value is -2.27. The van der Waals surface area contributed by atoms with Crippen molar-refractivity contribution >= 4 is 5.82 Å². The van der Waals surface area contributed by atoms with E-state index < -0.39 is 0 Å². The average molecular weight is 287 g/mol. The molecule has 0 radical (unpaired) electrons. The molecule has 0 unspecified atom stereocenters. The molecule has 5 nitrogen and oxygen atoms in total. The zero-order valence-corrected chi connectivity index (χ0v) is 12.8. The van der Waals surface area contributed by atoms with E-state index in [0.717, 1.165) is 17.1 Å². The Morgan fingerprint density at radius 1 is 1.10 bits per heavy atom. The lowest BCUT2D eigenvalue weighted by atomic mass is 9.86. The second-order valence-electron chi connectivity index (χ2n) is 5.74. The van der Waals surface area contributed by atoms with Crippen molar-refractivity contribution in [2.45, 2.75) is 26.2 Å². The second kappa shape index (κ2) is 6.01. The van der Waals surface area contributed by atoms with Gasteiger partial charge in [-0.05, 0) is 29.7 Å². The minimum atomic E-state index is -0.0636. The van der Waals surface area contributed by atoms with E-state index in [9.17, 15) is 0 Å². The Labute approximate surface area is 125 Å². The topological polar surface area (TPSA) is 69.4 Å². The smallest absolute Gasteiger partial charge is 0.143 e. The fourth-order valence-electron chi connectivity index (χ4n) is 1.99. The molecule has 0 saturated carbocycles. The van der Waals surface area contributed by atoms with Crippen molar-refractivity contribution in [3.63, 3.8) is 0 Å². The maximum atomic E-state index is 5.99. The number of nitrogen functional groups attached to an aromatic ring is 1. The largest absolute Gasteiger partial charge is 0.497 e. The molecule has 3 N–H and O–H groups in total. The maximum absolute atomic E-state index is 5.99. The summed E-state index contributed by atoms with van der Waals surface area (Å²) in [6.45, 7) is 6.40. The van der Waals surface area contributed by atoms with Gasteiger partial charge < -0.3 is 14.9 Å². The molecule has 0 aliphatic heterocycles. The number of aromatic nitrogens is 1. The number of hydrazine groups is 1. The number of methoxy groups -OCH3 is 1. The predicted octanol–water partition coefficient (Wildman–Crippen LogP) is 3.47. The monoisotopic (exact) mass is 287 g/mol. The highest BCUT2D eigenvalue weighted by Crippen LogP contribution is 2.36. The maximum Gasteiger partial charge on any atom is 0.143 e. The zero-order chi connectivity index (χ0) is 15.5. The van der Waals surface area contributed by atoms with Gasteiger partial charge >= 0.3 is 0 Å². The molecule has 5 heteroatoms. The Balaban J connectivity index is 2.39. The van der Waals surface area contributed by atoms with Crippen LogP contribution >= 0.6 is 0 Å². The number of nitrogens with one attached hydrogen (secondary N) is 1. The highest BCUT2D eigenvalue weighted by Gasteiger charge is 2.20. The van der Waals surface area contributed by atoms with Crippen LogP contribution in [0.5, 0.6) is 17.2 Å². The second-order valence-corrected chi connectivity index (χ2v) is 5.74. The Morgan fingerprint density at radius 2 is 1.86 bits per heavy atom. The van der Waals surface area contributed by atoms with Gasteiger partial charge in [0, 0.05) is 17.8 Å². The first-order chi connectivity index (χ1) is 9.94. The fraction of sp³-hybridized carbons (Fsp3) is 0.312. The highest BCUT2D eigenvalue weighted by atomic mass is 16.5. The van der Waals surface area contributed by atoms with Crippen molar-refractivity contribution in [3.05, 3.63) is 42.1 Å². The van der Waals surface area contributed by atoms with Gasteiger partial charge in [-0.3, -0.25) is 0 Å². The van der Waals surface area contributed by atoms with Gasteiger partial charge in [0.2, 0.25) is 0 Å². The quantitative estimate of drug-likeness (QED) is 0.665. The van der Waals surface area contributed by atoms with E-state index in [0.29, 0.717) is 11.6 Å². The minimum Gasteiger partial charge on any atom is -0.497 e. The van der Waals surface area contributed by atoms with Crippen molar-refractivity contribution < 1.29 is 9.47 Å². The molecule has 1 heterocycles. The molecule has 0 amide bonds. The number of pyridine rings is 1. The van der Waals surface area contributed by atoms with Crippen LogP contribution in [-0.4, -0.2) is 12.1 Å². The molecule has 0 spiro atoms. The number of benzene rings is 1. The van der Waals surface area contributed by atoms with Crippen molar-refractivity contribution in [1.29, 1.82) is 0 Å². The average Bonchev–Trinajstić information content (AvgIpc) is 2.46. The number of ether oxygens (including phenoxy) is 2. The molecule has 1 aromatic heterocycles. The van der Waals surface area contributed by atoms with Crippen LogP contribution in [0, 0.1) is 0 Å². The molecule has 0 fully saturated rings. The van der Waals surface area contributed by atoms with Gasteiger partial charge in [-0.25, -0.2) is 10.8 Å². The Bertz CT molecular complexity index is 621. The van der Waals surface area contributed by atoms with Crippen LogP contribution in [0.4, 0.5) is 5.82 Å². The van der Waals surface area contributed by atoms with E-state index in [2.05, 4.69) is 31.2 Å². The summed E-state index contributed by atoms with van der Waals surface area (Å²) in [5.74, 6) is 8.19. The lowest BCUT2D eigenvalue weighted by molar-refractivity contribution is 0.407. The van der Waals surface area contributed by atoms with Gasteiger partial charge in [0.05, 0.1) is 7.11 Å². The lowest BCUT2D eigenvalue weighted by Gasteiger charge is -2.23. The number of hydrogen-bond donors (Lipinski definition) is 2. The van der Waals surface area contributed by atoms with E-state index in [1.54, 1.807) is 25.4 Å². The first-order valence-electron chi connectivity index (χ1n) is 6.73. The van der Waals surface area contributed by atoms with E-state index in [1.807, 2.05) is 18.2 Å². The minimum absolute atomic E-state index is 0.0636. The van der Waals surface area contributed by atoms with Crippen LogP contribution in [0.25, 0.3) is 0 Å². The lowest BCUT2D eigenvalue weighted by Crippen LogP contribution is -2.13. The molecule has 21 heavy (non-hydrogen) atoms. The third-order valence-electron chi connectivity index (χ3n) is 3.10. The van der Waals surface area contributed by atoms with E-state index in [-0.39, 0.29) is 5.41 Å². The van der Waals surface area contributed by atoms with Gasteiger partial charge in [0.25, 0.3) is 0 Å². The van der Waals surface area contributed by atoms with Crippen molar-refractivity contribution in [2.24, 2.45) is 5.84 Å². The first-order valence-corrected chi connectivity index (χ1v) is 6.73. The Morgan fingerprint density at radius 3 is 2.48 bits per heavy atom. The van der Waals surface area contributed by atoms with Crippen LogP contribution < -0.4 is 20.7 Å². The molecule has 0 aliphatic rings. The molecular formula is C16H21N3O2. The molecule has 1 aromatic carbocycles. The summed E-state index contributed by atoms with van der Waals surface area (Å²) in [5.41, 5.74) is 3.51. The van der Waals surface area contributed by atoms with Crippen LogP contribution in [-0.2, 0) is 5.41 Å². The number of nitrogens with two attached hydrogens (primary N) is 1. The van der Waals surface area contributed by atoms with Gasteiger partial charge in [0.15, 0.2) is 0 Å². The van der Waals surface area contributed by atoms with Crippen LogP contribution in [0.2, 0.25) is 0 Å². The molecule has 0 bridgehead atoms. The van der Waals surface area contributed by atoms with Crippen LogP contribution in [0.1, 0.15) is 26.3 Å². The molecule has 2 rings (SSSR count). The number of nitrogens with zero attached hydrogens (tertiary/aromatic N) is 1. The molecule has 0 aliphatic carbocycles. The van der Waals surface area contributed by atoms with Crippen LogP contribution in [0.15, 0.2) is 36.5 Å². The fourth-order valence-corrected chi connectivity index (χ4v) is 1.99. The third kappa shape index (κ3) is 3.64. The predicted molar refractivity (Wildman–Crippen MR) is 83.8 cm³/mol. The van der Waals surface area contributed by atoms with Crippen LogP contribution in [0.3, 0.4) is 0 Å². The Kier molecular flexibility index (Phi) is 4.33. The van der Waals surface area contributed by atoms with Crippen molar-refractivity contribution in [3.8, 4) is 17.2 Å². The molecule has 0 saturated heterocycles. The SMILES string of the molecule is COc1ccc(Oc2ccnc(NN)c2)c(C(C)(C)C)c1. The normalized spacial score (nSPS) is 11.1. The van der Waals surface area contributed by atoms with E-state index in [4.69, 9.17) is 15.3 Å². The van der Waals surface area contributed by atoms with Crippen molar-refractivity contribution in [1.82, 2.24) is 4.98 Å². The summed E-state index contributed by atoms with van der Waals surface area (Å²) in [5, 5.41) is 0. The van der Waals surface area contributed by atoms with Gasteiger partial charge in [-0.15, -0.1) is 0 Å². The zero-order valence-electron chi connectivity index (χ0n) is 12.8. The highest BCUT2D eigenvalue weighted by molar-refractivity contribution is 5.47. The number of rotatable bonds is 4. The van der Waals surface area contributed by atoms with E-state index >= 15 is 0 Å². The number of anilines is 1.